The summed E-state index contributed by atoms with van der Waals surface area (Å²) in [5.74, 6) is -4.88. The molecule has 246 valence electrons. The van der Waals surface area contributed by atoms with Crippen LogP contribution in [0.15, 0.2) is 53.7 Å². The van der Waals surface area contributed by atoms with Crippen LogP contribution in [0.4, 0.5) is 13.2 Å². The molecule has 2 heterocycles. The van der Waals surface area contributed by atoms with Gasteiger partial charge in [-0.05, 0) is 58.2 Å². The lowest BCUT2D eigenvalue weighted by molar-refractivity contribution is -0.158. The molecule has 4 aromatic rings. The van der Waals surface area contributed by atoms with Gasteiger partial charge < -0.3 is 9.64 Å². The lowest BCUT2D eigenvalue weighted by Crippen LogP contribution is -2.43. The zero-order valence-corrected chi connectivity index (χ0v) is 27.8. The number of aromatic nitrogens is 3. The highest BCUT2D eigenvalue weighted by Crippen LogP contribution is 2.37. The molecule has 0 aliphatic heterocycles. The van der Waals surface area contributed by atoms with Crippen LogP contribution in [0.25, 0.3) is 22.3 Å². The third kappa shape index (κ3) is 7.09. The molecule has 2 aromatic heterocycles. The first-order chi connectivity index (χ1) is 21.2. The van der Waals surface area contributed by atoms with E-state index in [9.17, 15) is 22.4 Å². The Kier molecular flexibility index (Phi) is 9.41. The summed E-state index contributed by atoms with van der Waals surface area (Å²) >= 11 is 0. The van der Waals surface area contributed by atoms with E-state index in [4.69, 9.17) is 4.74 Å². The van der Waals surface area contributed by atoms with E-state index < -0.39 is 55.9 Å². The lowest BCUT2D eigenvalue weighted by Gasteiger charge is -2.35. The van der Waals surface area contributed by atoms with Gasteiger partial charge in [0, 0.05) is 49.1 Å². The van der Waals surface area contributed by atoms with Crippen LogP contribution in [-0.2, 0) is 30.8 Å². The Morgan fingerprint density at radius 2 is 1.63 bits per heavy atom. The Labute approximate surface area is 266 Å². The number of nitrogens with zero attached hydrogens (tertiary/aromatic N) is 4. The van der Waals surface area contributed by atoms with E-state index >= 15 is 8.78 Å². The molecule has 1 amide bonds. The average molecular weight is 659 g/mol. The molecule has 4 rings (SSSR count). The van der Waals surface area contributed by atoms with Crippen LogP contribution in [0, 0.1) is 35.7 Å². The molecule has 0 radical (unpaired) electrons. The molecule has 0 aliphatic rings. The largest absolute Gasteiger partial charge is 0.460 e. The summed E-state index contributed by atoms with van der Waals surface area (Å²) in [6, 6.07) is 7.42. The fraction of sp³-hybridized carbons (Fsp3) is 0.394. The number of halogens is 3. The topological polar surface area (TPSA) is 111 Å². The highest BCUT2D eigenvalue weighted by Gasteiger charge is 2.40. The molecular formula is C33H37F3N4O5S. The first-order valence-electron chi connectivity index (χ1n) is 14.5. The fourth-order valence-corrected chi connectivity index (χ4v) is 6.64. The maximum Gasteiger partial charge on any atom is 0.306 e. The van der Waals surface area contributed by atoms with Gasteiger partial charge in [0.25, 0.3) is 10.0 Å². The number of rotatable bonds is 9. The maximum atomic E-state index is 15.3. The number of hydrogen-bond acceptors (Lipinski definition) is 7. The van der Waals surface area contributed by atoms with Crippen molar-refractivity contribution in [3.05, 3.63) is 77.5 Å². The quantitative estimate of drug-likeness (QED) is 0.201. The Bertz CT molecular complexity index is 1910. The van der Waals surface area contributed by atoms with E-state index in [0.29, 0.717) is 10.0 Å². The SMILES string of the molecule is Cc1ccc(S(=O)(=O)n2cc(-c3ncc(F)c(CC(CC(=O)OC(C)(C)C)C(C)(C)C(=O)N(C)C)n3)c3cc(F)cc(F)c32)cc1. The minimum atomic E-state index is -4.38. The van der Waals surface area contributed by atoms with Crippen LogP contribution < -0.4 is 0 Å². The second-order valence-electron chi connectivity index (χ2n) is 13.0. The van der Waals surface area contributed by atoms with Crippen molar-refractivity contribution in [1.82, 2.24) is 18.8 Å². The standard InChI is InChI=1S/C33H37F3N4O5S/c1-19-9-11-22(12-10-19)46(43,44)40-18-24(23-15-21(34)16-25(35)29(23)40)30-37-17-26(36)27(38-30)13-20(14-28(41)45-32(2,3)4)33(5,6)31(42)39(7)8/h9-12,15-18,20H,13-14H2,1-8H3. The number of esters is 1. The molecule has 0 bridgehead atoms. The summed E-state index contributed by atoms with van der Waals surface area (Å²) in [6.07, 6.45) is 1.47. The van der Waals surface area contributed by atoms with Crippen molar-refractivity contribution in [1.29, 1.82) is 0 Å². The number of aryl methyl sites for hydroxylation is 1. The Balaban J connectivity index is 1.86. The molecular weight excluding hydrogens is 621 g/mol. The number of ether oxygens (including phenoxy) is 1. The van der Waals surface area contributed by atoms with E-state index in [-0.39, 0.29) is 46.1 Å². The minimum absolute atomic E-state index is 0.0716. The van der Waals surface area contributed by atoms with Crippen LogP contribution >= 0.6 is 0 Å². The van der Waals surface area contributed by atoms with E-state index in [1.165, 1.54) is 17.0 Å². The summed E-state index contributed by atoms with van der Waals surface area (Å²) in [5, 5.41) is -0.154. The number of benzene rings is 2. The predicted molar refractivity (Wildman–Crippen MR) is 167 cm³/mol. The van der Waals surface area contributed by atoms with Crippen LogP contribution in [0.5, 0.6) is 0 Å². The predicted octanol–water partition coefficient (Wildman–Crippen LogP) is 6.07. The molecule has 0 aliphatic carbocycles. The molecule has 9 nitrogen and oxygen atoms in total. The van der Waals surface area contributed by atoms with Crippen molar-refractivity contribution >= 4 is 32.8 Å². The zero-order valence-electron chi connectivity index (χ0n) is 27.0. The molecule has 0 fully saturated rings. The monoisotopic (exact) mass is 658 g/mol. The normalized spacial score (nSPS) is 13.1. The third-order valence-electron chi connectivity index (χ3n) is 7.67. The number of carbonyl (C=O) groups excluding carboxylic acids is 2. The van der Waals surface area contributed by atoms with E-state index in [1.807, 2.05) is 0 Å². The van der Waals surface area contributed by atoms with E-state index in [0.717, 1.165) is 24.0 Å². The average Bonchev–Trinajstić information content (AvgIpc) is 3.33. The second kappa shape index (κ2) is 12.5. The van der Waals surface area contributed by atoms with Gasteiger partial charge >= 0.3 is 5.97 Å². The molecule has 46 heavy (non-hydrogen) atoms. The number of carbonyl (C=O) groups is 2. The van der Waals surface area contributed by atoms with Gasteiger partial charge in [-0.3, -0.25) is 9.59 Å². The first-order valence-corrected chi connectivity index (χ1v) is 15.9. The minimum Gasteiger partial charge on any atom is -0.460 e. The fourth-order valence-electron chi connectivity index (χ4n) is 5.26. The van der Waals surface area contributed by atoms with Gasteiger partial charge in [-0.15, -0.1) is 0 Å². The summed E-state index contributed by atoms with van der Waals surface area (Å²) in [7, 11) is -1.24. The third-order valence-corrected chi connectivity index (χ3v) is 9.35. The molecule has 1 unspecified atom stereocenters. The van der Waals surface area contributed by atoms with Crippen molar-refractivity contribution < 1.29 is 35.9 Å². The summed E-state index contributed by atoms with van der Waals surface area (Å²) in [4.78, 5) is 35.7. The van der Waals surface area contributed by atoms with Crippen molar-refractivity contribution in [3.63, 3.8) is 0 Å². The van der Waals surface area contributed by atoms with Gasteiger partial charge in [-0.2, -0.15) is 0 Å². The van der Waals surface area contributed by atoms with Crippen LogP contribution in [-0.4, -0.2) is 58.8 Å². The van der Waals surface area contributed by atoms with Gasteiger partial charge in [0.2, 0.25) is 5.91 Å². The Morgan fingerprint density at radius 1 is 1.00 bits per heavy atom. The number of hydrogen-bond donors (Lipinski definition) is 0. The second-order valence-corrected chi connectivity index (χ2v) is 14.9. The first kappa shape index (κ1) is 34.6. The van der Waals surface area contributed by atoms with E-state index in [1.54, 1.807) is 67.8 Å². The van der Waals surface area contributed by atoms with Crippen LogP contribution in [0.2, 0.25) is 0 Å². The maximum absolute atomic E-state index is 15.3. The van der Waals surface area contributed by atoms with Crippen molar-refractivity contribution in [2.24, 2.45) is 11.3 Å². The Morgan fingerprint density at radius 3 is 2.22 bits per heavy atom. The zero-order chi connectivity index (χ0) is 34.4. The molecule has 1 atom stereocenters. The highest BCUT2D eigenvalue weighted by atomic mass is 32.2. The van der Waals surface area contributed by atoms with Crippen molar-refractivity contribution in [3.8, 4) is 11.4 Å². The van der Waals surface area contributed by atoms with Crippen molar-refractivity contribution in [2.75, 3.05) is 14.1 Å². The van der Waals surface area contributed by atoms with Crippen molar-refractivity contribution in [2.45, 2.75) is 64.9 Å². The number of amides is 1. The molecule has 0 spiro atoms. The van der Waals surface area contributed by atoms with Gasteiger partial charge in [-0.25, -0.2) is 35.5 Å². The van der Waals surface area contributed by atoms with Gasteiger partial charge in [0.05, 0.1) is 16.8 Å². The lowest BCUT2D eigenvalue weighted by atomic mass is 9.73. The highest BCUT2D eigenvalue weighted by molar-refractivity contribution is 7.90. The number of fused-ring (bicyclic) bond motifs is 1. The molecule has 0 N–H and O–H groups in total. The van der Waals surface area contributed by atoms with Crippen LogP contribution in [0.1, 0.15) is 52.3 Å². The smallest absolute Gasteiger partial charge is 0.306 e. The van der Waals surface area contributed by atoms with Gasteiger partial charge in [0.15, 0.2) is 17.5 Å². The summed E-state index contributed by atoms with van der Waals surface area (Å²) in [5.41, 5.74) is -1.87. The van der Waals surface area contributed by atoms with Crippen LogP contribution in [0.3, 0.4) is 0 Å². The molecule has 13 heteroatoms. The Hall–Kier alpha value is -4.26. The molecule has 0 saturated heterocycles. The van der Waals surface area contributed by atoms with Gasteiger partial charge in [0.1, 0.15) is 16.9 Å². The summed E-state index contributed by atoms with van der Waals surface area (Å²) in [6.45, 7) is 10.2. The molecule has 2 aromatic carbocycles. The van der Waals surface area contributed by atoms with Gasteiger partial charge in [-0.1, -0.05) is 31.5 Å². The molecule has 0 saturated carbocycles. The van der Waals surface area contributed by atoms with E-state index in [2.05, 4.69) is 9.97 Å². The summed E-state index contributed by atoms with van der Waals surface area (Å²) < 4.78 is 78.6.